The van der Waals surface area contributed by atoms with Gasteiger partial charge in [0.15, 0.2) is 5.82 Å². The first-order chi connectivity index (χ1) is 17.1. The molecular formula is C20H21F5N8O3. The number of H-pyrrole nitrogens is 1. The van der Waals surface area contributed by atoms with E-state index in [0.717, 1.165) is 18.6 Å². The Balaban J connectivity index is 1.27. The molecule has 194 valence electrons. The number of hydrogen-bond donors (Lipinski definition) is 2. The molecule has 2 unspecified atom stereocenters. The summed E-state index contributed by atoms with van der Waals surface area (Å²) in [5, 5.41) is 11.7. The maximum Gasteiger partial charge on any atom is 0.423 e. The Hall–Kier alpha value is -3.69. The second-order valence-electron chi connectivity index (χ2n) is 8.14. The first-order valence-electron chi connectivity index (χ1n) is 10.8. The zero-order chi connectivity index (χ0) is 25.9. The number of rotatable bonds is 9. The van der Waals surface area contributed by atoms with Crippen molar-refractivity contribution >= 4 is 11.6 Å². The largest absolute Gasteiger partial charge is 0.423 e. The van der Waals surface area contributed by atoms with Gasteiger partial charge in [0.25, 0.3) is 17.9 Å². The SMILES string of the molecule is CC(COCc1nc(C2CCN(c3ncc(C(F)F)cn3)C2)no1)Nc1cn[nH]c(=O)c1C(F)(F)F. The van der Waals surface area contributed by atoms with E-state index in [0.29, 0.717) is 31.3 Å². The van der Waals surface area contributed by atoms with Crippen molar-refractivity contribution in [3.63, 3.8) is 0 Å². The van der Waals surface area contributed by atoms with Crippen LogP contribution < -0.4 is 15.8 Å². The molecule has 1 fully saturated rings. The second kappa shape index (κ2) is 10.5. The van der Waals surface area contributed by atoms with Gasteiger partial charge in [-0.3, -0.25) is 4.79 Å². The van der Waals surface area contributed by atoms with Gasteiger partial charge in [-0.05, 0) is 13.3 Å². The van der Waals surface area contributed by atoms with Crippen LogP contribution in [0.3, 0.4) is 0 Å². The van der Waals surface area contributed by atoms with Crippen LogP contribution >= 0.6 is 0 Å². The zero-order valence-electron chi connectivity index (χ0n) is 18.8. The fraction of sp³-hybridized carbons (Fsp3) is 0.500. The van der Waals surface area contributed by atoms with E-state index in [1.54, 1.807) is 12.0 Å². The third-order valence-corrected chi connectivity index (χ3v) is 5.37. The minimum atomic E-state index is -4.85. The number of anilines is 2. The summed E-state index contributed by atoms with van der Waals surface area (Å²) in [5.74, 6) is 0.864. The highest BCUT2D eigenvalue weighted by Gasteiger charge is 2.37. The molecule has 3 aromatic rings. The van der Waals surface area contributed by atoms with Gasteiger partial charge in [-0.1, -0.05) is 5.16 Å². The lowest BCUT2D eigenvalue weighted by molar-refractivity contribution is -0.138. The minimum Gasteiger partial charge on any atom is -0.378 e. The average molecular weight is 516 g/mol. The maximum absolute atomic E-state index is 13.1. The first kappa shape index (κ1) is 25.4. The number of nitrogens with one attached hydrogen (secondary N) is 2. The standard InChI is InChI=1S/C20H21F5N8O3/c1-10(29-13-6-28-31-18(34)15(13)20(23,24)25)8-35-9-14-30-17(32-36-14)11-2-3-33(7-11)19-26-4-12(5-27-19)16(21)22/h4-6,10-11,16H,2-3,7-9H2,1H3,(H2,29,31,34). The molecule has 0 radical (unpaired) electrons. The van der Waals surface area contributed by atoms with Gasteiger partial charge in [0.2, 0.25) is 5.95 Å². The molecule has 3 aromatic heterocycles. The number of halogens is 5. The maximum atomic E-state index is 13.1. The summed E-state index contributed by atoms with van der Waals surface area (Å²) < 4.78 is 75.5. The molecule has 0 spiro atoms. The summed E-state index contributed by atoms with van der Waals surface area (Å²) in [5.41, 5.74) is -3.43. The Morgan fingerprint density at radius 2 is 2.03 bits per heavy atom. The Labute approximate surface area is 200 Å². The zero-order valence-corrected chi connectivity index (χ0v) is 18.8. The molecule has 36 heavy (non-hydrogen) atoms. The van der Waals surface area contributed by atoms with Gasteiger partial charge >= 0.3 is 6.18 Å². The Morgan fingerprint density at radius 3 is 2.72 bits per heavy atom. The fourth-order valence-corrected chi connectivity index (χ4v) is 3.67. The van der Waals surface area contributed by atoms with Crippen LogP contribution in [0.25, 0.3) is 0 Å². The van der Waals surface area contributed by atoms with Crippen LogP contribution in [0.4, 0.5) is 33.6 Å². The third kappa shape index (κ3) is 5.92. The summed E-state index contributed by atoms with van der Waals surface area (Å²) in [6.45, 7) is 2.53. The van der Waals surface area contributed by atoms with Crippen molar-refractivity contribution in [1.29, 1.82) is 0 Å². The van der Waals surface area contributed by atoms with Crippen molar-refractivity contribution in [3.05, 3.63) is 51.8 Å². The highest BCUT2D eigenvalue weighted by atomic mass is 19.4. The van der Waals surface area contributed by atoms with E-state index >= 15 is 0 Å². The van der Waals surface area contributed by atoms with E-state index in [1.807, 2.05) is 4.90 Å². The van der Waals surface area contributed by atoms with Gasteiger partial charge < -0.3 is 19.5 Å². The Morgan fingerprint density at radius 1 is 1.28 bits per heavy atom. The number of hydrogen-bond acceptors (Lipinski definition) is 10. The number of aromatic amines is 1. The van der Waals surface area contributed by atoms with Gasteiger partial charge in [0, 0.05) is 37.4 Å². The molecule has 16 heteroatoms. The number of alkyl halides is 5. The van der Waals surface area contributed by atoms with Crippen LogP contribution in [-0.4, -0.2) is 56.0 Å². The molecule has 0 bridgehead atoms. The van der Waals surface area contributed by atoms with Crippen molar-refractivity contribution in [2.24, 2.45) is 0 Å². The first-order valence-corrected chi connectivity index (χ1v) is 10.8. The summed E-state index contributed by atoms with van der Waals surface area (Å²) in [6.07, 6.45) is -3.74. The highest BCUT2D eigenvalue weighted by Crippen LogP contribution is 2.32. The van der Waals surface area contributed by atoms with Crippen LogP contribution in [0.2, 0.25) is 0 Å². The second-order valence-corrected chi connectivity index (χ2v) is 8.14. The lowest BCUT2D eigenvalue weighted by Gasteiger charge is -2.17. The van der Waals surface area contributed by atoms with E-state index in [4.69, 9.17) is 9.26 Å². The Bertz CT molecular complexity index is 1220. The Kier molecular flexibility index (Phi) is 7.42. The van der Waals surface area contributed by atoms with E-state index in [1.165, 1.54) is 0 Å². The molecule has 0 aliphatic carbocycles. The molecule has 11 nitrogen and oxygen atoms in total. The predicted octanol–water partition coefficient (Wildman–Crippen LogP) is 2.91. The average Bonchev–Trinajstić information content (AvgIpc) is 3.48. The van der Waals surface area contributed by atoms with Crippen LogP contribution in [0.15, 0.2) is 27.9 Å². The van der Waals surface area contributed by atoms with E-state index in [-0.39, 0.29) is 30.6 Å². The monoisotopic (exact) mass is 516 g/mol. The van der Waals surface area contributed by atoms with Gasteiger partial charge in [-0.2, -0.15) is 23.3 Å². The van der Waals surface area contributed by atoms with Gasteiger partial charge in [0.1, 0.15) is 12.2 Å². The van der Waals surface area contributed by atoms with Crippen molar-refractivity contribution in [2.45, 2.75) is 44.5 Å². The quantitative estimate of drug-likeness (QED) is 0.409. The molecule has 1 aliphatic rings. The van der Waals surface area contributed by atoms with Gasteiger partial charge in [0.05, 0.1) is 24.1 Å². The highest BCUT2D eigenvalue weighted by molar-refractivity contribution is 5.50. The molecule has 0 saturated carbocycles. The van der Waals surface area contributed by atoms with Crippen molar-refractivity contribution in [1.82, 2.24) is 30.3 Å². The van der Waals surface area contributed by atoms with E-state index < -0.39 is 35.5 Å². The van der Waals surface area contributed by atoms with Gasteiger partial charge in [-0.15, -0.1) is 0 Å². The normalized spacial score (nSPS) is 17.1. The summed E-state index contributed by atoms with van der Waals surface area (Å²) >= 11 is 0. The minimum absolute atomic E-state index is 0.0229. The van der Waals surface area contributed by atoms with Crippen LogP contribution in [0.5, 0.6) is 0 Å². The summed E-state index contributed by atoms with van der Waals surface area (Å²) in [6, 6.07) is -0.600. The van der Waals surface area contributed by atoms with Crippen molar-refractivity contribution < 1.29 is 31.2 Å². The summed E-state index contributed by atoms with van der Waals surface area (Å²) in [7, 11) is 0. The molecule has 2 N–H and O–H groups in total. The molecular weight excluding hydrogens is 495 g/mol. The van der Waals surface area contributed by atoms with E-state index in [9.17, 15) is 26.7 Å². The molecule has 4 heterocycles. The van der Waals surface area contributed by atoms with Crippen molar-refractivity contribution in [2.75, 3.05) is 29.9 Å². The summed E-state index contributed by atoms with van der Waals surface area (Å²) in [4.78, 5) is 25.6. The lowest BCUT2D eigenvalue weighted by Crippen LogP contribution is -2.29. The lowest BCUT2D eigenvalue weighted by atomic mass is 10.1. The number of aromatic nitrogens is 6. The number of nitrogens with zero attached hydrogens (tertiary/aromatic N) is 6. The van der Waals surface area contributed by atoms with Crippen molar-refractivity contribution in [3.8, 4) is 0 Å². The smallest absolute Gasteiger partial charge is 0.378 e. The van der Waals surface area contributed by atoms with Crippen LogP contribution in [-0.2, 0) is 17.5 Å². The molecule has 1 aliphatic heterocycles. The topological polar surface area (TPSA) is 135 Å². The predicted molar refractivity (Wildman–Crippen MR) is 113 cm³/mol. The number of ether oxygens (including phenoxy) is 1. The van der Waals surface area contributed by atoms with E-state index in [2.05, 4.69) is 30.5 Å². The van der Waals surface area contributed by atoms with Crippen LogP contribution in [0, 0.1) is 0 Å². The fourth-order valence-electron chi connectivity index (χ4n) is 3.67. The molecule has 4 rings (SSSR count). The molecule has 2 atom stereocenters. The molecule has 0 amide bonds. The van der Waals surface area contributed by atoms with Crippen LogP contribution in [0.1, 0.15) is 48.5 Å². The third-order valence-electron chi connectivity index (χ3n) is 5.37. The molecule has 1 saturated heterocycles. The molecule has 0 aromatic carbocycles. The van der Waals surface area contributed by atoms with Gasteiger partial charge in [-0.25, -0.2) is 23.8 Å².